The third-order valence-electron chi connectivity index (χ3n) is 7.76. The number of thiazole rings is 1. The Morgan fingerprint density at radius 2 is 1.86 bits per heavy atom. The zero-order valence-corrected chi connectivity index (χ0v) is 25.4. The molecule has 3 N–H and O–H groups in total. The fourth-order valence-corrected chi connectivity index (χ4v) is 6.39. The molecular weight excluding hydrogens is 570 g/mol. The first-order valence-electron chi connectivity index (χ1n) is 14.5. The van der Waals surface area contributed by atoms with Crippen LogP contribution in [-0.4, -0.2) is 82.7 Å². The van der Waals surface area contributed by atoms with Gasteiger partial charge in [0.05, 0.1) is 18.6 Å². The Kier molecular flexibility index (Phi) is 9.51. The first kappa shape index (κ1) is 30.4. The van der Waals surface area contributed by atoms with Crippen molar-refractivity contribution in [1.29, 1.82) is 0 Å². The van der Waals surface area contributed by atoms with E-state index in [0.717, 1.165) is 18.5 Å². The minimum Gasteiger partial charge on any atom is -0.446 e. The first-order valence-corrected chi connectivity index (χ1v) is 15.4. The minimum atomic E-state index is -0.669. The maximum atomic E-state index is 13.5. The van der Waals surface area contributed by atoms with E-state index < -0.39 is 23.9 Å². The molecule has 2 aliphatic heterocycles. The van der Waals surface area contributed by atoms with Crippen LogP contribution in [0.3, 0.4) is 0 Å². The Hall–Kier alpha value is -4.10. The van der Waals surface area contributed by atoms with Crippen LogP contribution < -0.4 is 16.0 Å². The Bertz CT molecular complexity index is 1460. The van der Waals surface area contributed by atoms with E-state index in [1.54, 1.807) is 5.38 Å². The van der Waals surface area contributed by atoms with Gasteiger partial charge in [-0.2, -0.15) is 0 Å². The van der Waals surface area contributed by atoms with Gasteiger partial charge in [0.2, 0.25) is 17.7 Å². The molecule has 4 amide bonds. The van der Waals surface area contributed by atoms with E-state index >= 15 is 0 Å². The molecule has 3 aromatic rings. The molecule has 1 saturated heterocycles. The second-order valence-electron chi connectivity index (χ2n) is 11.3. The minimum absolute atomic E-state index is 0.0300. The average molecular weight is 608 g/mol. The van der Waals surface area contributed by atoms with Gasteiger partial charge in [-0.25, -0.2) is 9.97 Å². The number of benzene rings is 1. The van der Waals surface area contributed by atoms with E-state index in [4.69, 9.17) is 4.42 Å². The van der Waals surface area contributed by atoms with Crippen LogP contribution in [0.1, 0.15) is 76.2 Å². The molecule has 12 nitrogen and oxygen atoms in total. The summed E-state index contributed by atoms with van der Waals surface area (Å²) in [4.78, 5) is 65.7. The summed E-state index contributed by atoms with van der Waals surface area (Å²) in [7, 11) is 1.90. The summed E-state index contributed by atoms with van der Waals surface area (Å²) in [5, 5.41) is 11.0. The molecule has 228 valence electrons. The fourth-order valence-electron chi connectivity index (χ4n) is 5.37. The second-order valence-corrected chi connectivity index (χ2v) is 12.2. The fraction of sp³-hybridized carbons (Fsp3) is 0.467. The summed E-state index contributed by atoms with van der Waals surface area (Å²) in [6.07, 6.45) is 3.24. The SMILES string of the molecule is CC(C)[C@@H]1NC(=O)CN(C(=O)[C@@H]2CCCN2C)CCNC(=O)c2coc(n2)[C@H](Cc2ccccc2)NC(=O)c2csc1n2. The number of amides is 4. The van der Waals surface area contributed by atoms with Gasteiger partial charge in [-0.1, -0.05) is 44.2 Å². The zero-order valence-electron chi connectivity index (χ0n) is 24.5. The average Bonchev–Trinajstić information content (AvgIpc) is 3.76. The highest BCUT2D eigenvalue weighted by molar-refractivity contribution is 7.09. The monoisotopic (exact) mass is 607 g/mol. The number of likely N-dealkylation sites (tertiary alicyclic amines) is 1. The summed E-state index contributed by atoms with van der Waals surface area (Å²) < 4.78 is 5.69. The quantitative estimate of drug-likeness (QED) is 0.409. The zero-order chi connectivity index (χ0) is 30.5. The molecule has 13 heteroatoms. The molecule has 4 heterocycles. The van der Waals surface area contributed by atoms with E-state index in [-0.39, 0.29) is 60.7 Å². The van der Waals surface area contributed by atoms with E-state index in [9.17, 15) is 19.2 Å². The number of hydrogen-bond acceptors (Lipinski definition) is 9. The Balaban J connectivity index is 1.45. The van der Waals surface area contributed by atoms with Crippen LogP contribution in [-0.2, 0) is 16.0 Å². The molecule has 0 aliphatic carbocycles. The summed E-state index contributed by atoms with van der Waals surface area (Å²) in [6, 6.07) is 8.12. The van der Waals surface area contributed by atoms with Gasteiger partial charge in [-0.05, 0) is 37.9 Å². The molecule has 0 spiro atoms. The van der Waals surface area contributed by atoms with E-state index in [1.807, 2.05) is 56.1 Å². The molecule has 5 rings (SSSR count). The van der Waals surface area contributed by atoms with Crippen LogP contribution in [0.5, 0.6) is 0 Å². The number of carbonyl (C=O) groups excluding carboxylic acids is 4. The third kappa shape index (κ3) is 7.28. The third-order valence-corrected chi connectivity index (χ3v) is 8.69. The van der Waals surface area contributed by atoms with Gasteiger partial charge >= 0.3 is 0 Å². The number of fused-ring (bicyclic) bond motifs is 4. The lowest BCUT2D eigenvalue weighted by Gasteiger charge is -2.29. The van der Waals surface area contributed by atoms with Crippen LogP contribution in [0.4, 0.5) is 0 Å². The van der Waals surface area contributed by atoms with Crippen molar-refractivity contribution >= 4 is 35.0 Å². The lowest BCUT2D eigenvalue weighted by molar-refractivity contribution is -0.139. The van der Waals surface area contributed by atoms with Crippen molar-refractivity contribution in [2.45, 2.75) is 51.2 Å². The van der Waals surface area contributed by atoms with Crippen LogP contribution >= 0.6 is 11.3 Å². The summed E-state index contributed by atoms with van der Waals surface area (Å²) in [5.74, 6) is -1.25. The van der Waals surface area contributed by atoms with Gasteiger partial charge in [0.1, 0.15) is 23.0 Å². The molecule has 0 unspecified atom stereocenters. The van der Waals surface area contributed by atoms with Crippen LogP contribution in [0, 0.1) is 5.92 Å². The van der Waals surface area contributed by atoms with Gasteiger partial charge < -0.3 is 25.3 Å². The van der Waals surface area contributed by atoms with Crippen LogP contribution in [0.2, 0.25) is 0 Å². The molecule has 0 saturated carbocycles. The van der Waals surface area contributed by atoms with Gasteiger partial charge in [0.15, 0.2) is 5.69 Å². The predicted octanol–water partition coefficient (Wildman–Crippen LogP) is 2.32. The van der Waals surface area contributed by atoms with Crippen molar-refractivity contribution in [3.05, 3.63) is 69.8 Å². The molecular formula is C30H37N7O5S. The number of aromatic nitrogens is 2. The highest BCUT2D eigenvalue weighted by Crippen LogP contribution is 2.26. The molecule has 2 aliphatic rings. The number of hydrogen-bond donors (Lipinski definition) is 3. The number of oxazole rings is 1. The highest BCUT2D eigenvalue weighted by atomic mass is 32.1. The Labute approximate surface area is 254 Å². The maximum absolute atomic E-state index is 13.5. The maximum Gasteiger partial charge on any atom is 0.273 e. The number of likely N-dealkylation sites (N-methyl/N-ethyl adjacent to an activating group) is 1. The van der Waals surface area contributed by atoms with Crippen molar-refractivity contribution in [2.24, 2.45) is 5.92 Å². The molecule has 0 radical (unpaired) electrons. The largest absolute Gasteiger partial charge is 0.446 e. The Morgan fingerprint density at radius 1 is 1.07 bits per heavy atom. The molecule has 43 heavy (non-hydrogen) atoms. The van der Waals surface area contributed by atoms with E-state index in [0.29, 0.717) is 17.8 Å². The number of rotatable bonds is 4. The van der Waals surface area contributed by atoms with Crippen molar-refractivity contribution in [2.75, 3.05) is 33.2 Å². The Morgan fingerprint density at radius 3 is 2.58 bits per heavy atom. The number of carbonyl (C=O) groups is 4. The van der Waals surface area contributed by atoms with Gasteiger partial charge in [0, 0.05) is 24.9 Å². The number of nitrogens with one attached hydrogen (secondary N) is 3. The van der Waals surface area contributed by atoms with Gasteiger partial charge in [-0.3, -0.25) is 24.1 Å². The summed E-state index contributed by atoms with van der Waals surface area (Å²) in [5.41, 5.74) is 1.19. The summed E-state index contributed by atoms with van der Waals surface area (Å²) in [6.45, 7) is 4.82. The van der Waals surface area contributed by atoms with Crippen molar-refractivity contribution in [1.82, 2.24) is 35.7 Å². The van der Waals surface area contributed by atoms with Crippen molar-refractivity contribution < 1.29 is 23.6 Å². The standard InChI is InChI=1S/C30H37N7O5S/c1-18(2)25-29-34-22(17-43-29)27(40)32-20(14-19-8-5-4-6-9-19)28-33-21(16-42-28)26(39)31-11-13-37(15-24(38)35-25)30(41)23-10-7-12-36(23)3/h4-6,8-9,16-18,20,23,25H,7,10-15H2,1-3H3,(H,31,39)(H,32,40)(H,35,38)/t20-,23-,25-/m0/s1. The lowest BCUT2D eigenvalue weighted by atomic mass is 10.0. The van der Waals surface area contributed by atoms with Crippen molar-refractivity contribution in [3.8, 4) is 0 Å². The van der Waals surface area contributed by atoms with E-state index in [2.05, 4.69) is 25.9 Å². The topological polar surface area (TPSA) is 150 Å². The van der Waals surface area contributed by atoms with Gasteiger partial charge in [0.25, 0.3) is 11.8 Å². The normalized spacial score (nSPS) is 22.5. The smallest absolute Gasteiger partial charge is 0.273 e. The lowest BCUT2D eigenvalue weighted by Crippen LogP contribution is -2.50. The molecule has 2 aromatic heterocycles. The van der Waals surface area contributed by atoms with Crippen molar-refractivity contribution in [3.63, 3.8) is 0 Å². The highest BCUT2D eigenvalue weighted by Gasteiger charge is 2.33. The predicted molar refractivity (Wildman–Crippen MR) is 159 cm³/mol. The molecule has 3 atom stereocenters. The van der Waals surface area contributed by atoms with E-state index in [1.165, 1.54) is 22.5 Å². The number of nitrogens with zero attached hydrogens (tertiary/aromatic N) is 4. The molecule has 1 fully saturated rings. The first-order chi connectivity index (χ1) is 20.7. The van der Waals surface area contributed by atoms with Crippen LogP contribution in [0.15, 0.2) is 46.4 Å². The van der Waals surface area contributed by atoms with Crippen LogP contribution in [0.25, 0.3) is 0 Å². The molecule has 1 aromatic carbocycles. The summed E-state index contributed by atoms with van der Waals surface area (Å²) >= 11 is 1.29. The molecule has 4 bridgehead atoms. The van der Waals surface area contributed by atoms with Gasteiger partial charge in [-0.15, -0.1) is 11.3 Å². The second kappa shape index (κ2) is 13.5.